The summed E-state index contributed by atoms with van der Waals surface area (Å²) in [6, 6.07) is 19.6. The number of fused-ring (bicyclic) bond motifs is 1. The monoisotopic (exact) mass is 362 g/mol. The Bertz CT molecular complexity index is 1010. The molecule has 0 spiro atoms. The first-order valence-electron chi connectivity index (χ1n) is 8.49. The number of rotatable bonds is 5. The fourth-order valence-electron chi connectivity index (χ4n) is 2.76. The predicted octanol–water partition coefficient (Wildman–Crippen LogP) is 4.36. The summed E-state index contributed by atoms with van der Waals surface area (Å²) in [5, 5.41) is 5.06. The Labute approximate surface area is 155 Å². The average molecular weight is 362 g/mol. The minimum atomic E-state index is -0.139. The Balaban J connectivity index is 1.74. The molecule has 0 bridgehead atoms. The average Bonchev–Trinajstić information content (AvgIpc) is 3.33. The van der Waals surface area contributed by atoms with E-state index in [9.17, 15) is 4.79 Å². The minimum Gasteiger partial charge on any atom is -0.278 e. The minimum absolute atomic E-state index is 0.139. The maximum absolute atomic E-state index is 13.2. The fourth-order valence-corrected chi connectivity index (χ4v) is 3.72. The molecule has 4 rings (SSSR count). The number of thiazole rings is 1. The van der Waals surface area contributed by atoms with Crippen LogP contribution in [-0.2, 0) is 13.1 Å². The van der Waals surface area contributed by atoms with Gasteiger partial charge in [-0.25, -0.2) is 4.98 Å². The molecule has 2 aromatic carbocycles. The van der Waals surface area contributed by atoms with E-state index < -0.39 is 0 Å². The van der Waals surface area contributed by atoms with Gasteiger partial charge in [0.15, 0.2) is 10.8 Å². The number of anilines is 1. The van der Waals surface area contributed by atoms with Crippen LogP contribution in [0.5, 0.6) is 0 Å². The van der Waals surface area contributed by atoms with Crippen LogP contribution in [0, 0.1) is 0 Å². The van der Waals surface area contributed by atoms with Crippen LogP contribution in [0.25, 0.3) is 10.2 Å². The quantitative estimate of drug-likeness (QED) is 0.530. The van der Waals surface area contributed by atoms with Crippen molar-refractivity contribution in [1.82, 2.24) is 14.8 Å². The highest BCUT2D eigenvalue weighted by Gasteiger charge is 2.23. The molecule has 2 aromatic heterocycles. The van der Waals surface area contributed by atoms with Crippen LogP contribution in [0.1, 0.15) is 23.0 Å². The number of carbonyl (C=O) groups is 1. The third kappa shape index (κ3) is 3.23. The molecule has 26 heavy (non-hydrogen) atoms. The summed E-state index contributed by atoms with van der Waals surface area (Å²) in [5.74, 6) is -0.139. The number of nitrogens with zero attached hydrogens (tertiary/aromatic N) is 4. The van der Waals surface area contributed by atoms with Gasteiger partial charge in [0.2, 0.25) is 0 Å². The second kappa shape index (κ2) is 7.09. The summed E-state index contributed by atoms with van der Waals surface area (Å²) >= 11 is 1.52. The lowest BCUT2D eigenvalue weighted by atomic mass is 10.2. The van der Waals surface area contributed by atoms with Gasteiger partial charge in [0, 0.05) is 12.7 Å². The molecule has 6 heteroatoms. The Kier molecular flexibility index (Phi) is 4.50. The highest BCUT2D eigenvalue weighted by Crippen LogP contribution is 2.30. The van der Waals surface area contributed by atoms with Crippen LogP contribution in [-0.4, -0.2) is 20.7 Å². The van der Waals surface area contributed by atoms with E-state index in [2.05, 4.69) is 10.1 Å². The summed E-state index contributed by atoms with van der Waals surface area (Å²) in [6.45, 7) is 3.18. The van der Waals surface area contributed by atoms with Crippen molar-refractivity contribution in [2.75, 3.05) is 4.90 Å². The van der Waals surface area contributed by atoms with Gasteiger partial charge in [-0.1, -0.05) is 53.8 Å². The highest BCUT2D eigenvalue weighted by atomic mass is 32.1. The topological polar surface area (TPSA) is 51.0 Å². The van der Waals surface area contributed by atoms with Crippen LogP contribution >= 0.6 is 11.3 Å². The van der Waals surface area contributed by atoms with E-state index in [0.29, 0.717) is 17.4 Å². The van der Waals surface area contributed by atoms with Crippen molar-refractivity contribution in [3.63, 3.8) is 0 Å². The lowest BCUT2D eigenvalue weighted by molar-refractivity contribution is 0.0979. The van der Waals surface area contributed by atoms with E-state index in [1.165, 1.54) is 11.3 Å². The molecule has 0 fully saturated rings. The van der Waals surface area contributed by atoms with Crippen LogP contribution < -0.4 is 4.90 Å². The van der Waals surface area contributed by atoms with E-state index in [1.54, 1.807) is 15.6 Å². The SMILES string of the molecule is CCn1ccc(C(=O)N(Cc2ccccc2)c2nc3ccccc3s2)n1. The molecule has 0 saturated heterocycles. The third-order valence-corrected chi connectivity index (χ3v) is 5.19. The maximum Gasteiger partial charge on any atom is 0.280 e. The number of benzene rings is 2. The van der Waals surface area contributed by atoms with Crippen molar-refractivity contribution < 1.29 is 4.79 Å². The number of hydrogen-bond acceptors (Lipinski definition) is 4. The fraction of sp³-hybridized carbons (Fsp3) is 0.150. The number of aryl methyl sites for hydroxylation is 1. The molecule has 0 aliphatic carbocycles. The van der Waals surface area contributed by atoms with Crippen molar-refractivity contribution in [2.24, 2.45) is 0 Å². The van der Waals surface area contributed by atoms with Crippen molar-refractivity contribution in [3.05, 3.63) is 78.1 Å². The van der Waals surface area contributed by atoms with Crippen molar-refractivity contribution in [1.29, 1.82) is 0 Å². The first kappa shape index (κ1) is 16.5. The van der Waals surface area contributed by atoms with Crippen LogP contribution in [0.2, 0.25) is 0 Å². The summed E-state index contributed by atoms with van der Waals surface area (Å²) < 4.78 is 2.82. The molecular formula is C20H18N4OS. The van der Waals surface area contributed by atoms with Gasteiger partial charge in [0.25, 0.3) is 5.91 Å². The normalized spacial score (nSPS) is 11.0. The lowest BCUT2D eigenvalue weighted by Gasteiger charge is -2.19. The maximum atomic E-state index is 13.2. The molecule has 0 saturated carbocycles. The van der Waals surface area contributed by atoms with Crippen LogP contribution in [0.4, 0.5) is 5.13 Å². The first-order valence-corrected chi connectivity index (χ1v) is 9.31. The molecule has 0 unspecified atom stereocenters. The molecule has 0 aliphatic heterocycles. The van der Waals surface area contributed by atoms with Gasteiger partial charge in [-0.05, 0) is 30.7 Å². The molecule has 0 atom stereocenters. The largest absolute Gasteiger partial charge is 0.280 e. The second-order valence-corrected chi connectivity index (χ2v) is 6.91. The zero-order valence-corrected chi connectivity index (χ0v) is 15.2. The summed E-state index contributed by atoms with van der Waals surface area (Å²) in [7, 11) is 0. The molecule has 2 heterocycles. The van der Waals surface area contributed by atoms with Crippen LogP contribution in [0.15, 0.2) is 66.9 Å². The molecule has 5 nitrogen and oxygen atoms in total. The van der Waals surface area contributed by atoms with Gasteiger partial charge in [-0.15, -0.1) is 0 Å². The Morgan fingerprint density at radius 3 is 2.58 bits per heavy atom. The molecule has 1 amide bonds. The Morgan fingerprint density at radius 1 is 1.08 bits per heavy atom. The van der Waals surface area contributed by atoms with E-state index in [1.807, 2.05) is 67.7 Å². The lowest BCUT2D eigenvalue weighted by Crippen LogP contribution is -2.30. The van der Waals surface area contributed by atoms with E-state index >= 15 is 0 Å². The molecule has 0 N–H and O–H groups in total. The van der Waals surface area contributed by atoms with Crippen molar-refractivity contribution in [2.45, 2.75) is 20.0 Å². The molecule has 4 aromatic rings. The molecule has 130 valence electrons. The molecule has 0 radical (unpaired) electrons. The highest BCUT2D eigenvalue weighted by molar-refractivity contribution is 7.22. The van der Waals surface area contributed by atoms with Crippen LogP contribution in [0.3, 0.4) is 0 Å². The smallest absolute Gasteiger partial charge is 0.278 e. The number of para-hydroxylation sites is 1. The Morgan fingerprint density at radius 2 is 1.85 bits per heavy atom. The Hall–Kier alpha value is -2.99. The van der Waals surface area contributed by atoms with Crippen molar-refractivity contribution in [3.8, 4) is 0 Å². The second-order valence-electron chi connectivity index (χ2n) is 5.90. The van der Waals surface area contributed by atoms with Gasteiger partial charge in [0.05, 0.1) is 16.8 Å². The summed E-state index contributed by atoms with van der Waals surface area (Å²) in [6.07, 6.45) is 1.83. The standard InChI is InChI=1S/C20H18N4OS/c1-2-23-13-12-17(22-23)19(25)24(14-15-8-4-3-5-9-15)20-21-16-10-6-7-11-18(16)26-20/h3-13H,2,14H2,1H3. The van der Waals surface area contributed by atoms with E-state index in [4.69, 9.17) is 0 Å². The summed E-state index contributed by atoms with van der Waals surface area (Å²) in [4.78, 5) is 19.6. The van der Waals surface area contributed by atoms with E-state index in [-0.39, 0.29) is 5.91 Å². The van der Waals surface area contributed by atoms with E-state index in [0.717, 1.165) is 22.3 Å². The first-order chi connectivity index (χ1) is 12.7. The van der Waals surface area contributed by atoms with Crippen molar-refractivity contribution >= 4 is 32.6 Å². The van der Waals surface area contributed by atoms with Gasteiger partial charge in [0.1, 0.15) is 0 Å². The number of carbonyl (C=O) groups excluding carboxylic acids is 1. The predicted molar refractivity (Wildman–Crippen MR) is 104 cm³/mol. The zero-order valence-electron chi connectivity index (χ0n) is 14.4. The molecule has 0 aliphatic rings. The molecular weight excluding hydrogens is 344 g/mol. The van der Waals surface area contributed by atoms with Gasteiger partial charge < -0.3 is 0 Å². The number of aromatic nitrogens is 3. The zero-order chi connectivity index (χ0) is 17.9. The summed E-state index contributed by atoms with van der Waals surface area (Å²) in [5.41, 5.74) is 2.38. The number of hydrogen-bond donors (Lipinski definition) is 0. The van der Waals surface area contributed by atoms with Gasteiger partial charge in [-0.3, -0.25) is 14.4 Å². The third-order valence-electron chi connectivity index (χ3n) is 4.13. The van der Waals surface area contributed by atoms with Gasteiger partial charge >= 0.3 is 0 Å². The number of amides is 1. The van der Waals surface area contributed by atoms with Gasteiger partial charge in [-0.2, -0.15) is 5.10 Å².